The summed E-state index contributed by atoms with van der Waals surface area (Å²) in [5.41, 5.74) is 3.64. The molecule has 3 heterocycles. The molecule has 2 aromatic carbocycles. The molecule has 0 atom stereocenters. The zero-order valence-electron chi connectivity index (χ0n) is 23.4. The molecule has 1 aromatic heterocycles. The van der Waals surface area contributed by atoms with Crippen LogP contribution in [0.1, 0.15) is 50.7 Å². The highest BCUT2D eigenvalue weighted by molar-refractivity contribution is 8.18. The number of aliphatic hydroxyl groups is 1. The van der Waals surface area contributed by atoms with Gasteiger partial charge < -0.3 is 19.3 Å². The Morgan fingerprint density at radius 2 is 1.80 bits per heavy atom. The van der Waals surface area contributed by atoms with Gasteiger partial charge >= 0.3 is 5.97 Å². The fourth-order valence-corrected chi connectivity index (χ4v) is 6.47. The fraction of sp³-hybridized carbons (Fsp3) is 0.344. The van der Waals surface area contributed by atoms with E-state index in [1.807, 2.05) is 33.9 Å². The average molecular weight is 592 g/mol. The molecule has 5 rings (SSSR count). The van der Waals surface area contributed by atoms with Gasteiger partial charge in [-0.1, -0.05) is 61.3 Å². The van der Waals surface area contributed by atoms with E-state index in [0.29, 0.717) is 20.7 Å². The molecule has 1 saturated heterocycles. The van der Waals surface area contributed by atoms with Crippen molar-refractivity contribution in [2.75, 3.05) is 19.7 Å². The van der Waals surface area contributed by atoms with E-state index in [1.54, 1.807) is 31.2 Å². The minimum atomic E-state index is -0.632. The van der Waals surface area contributed by atoms with Crippen LogP contribution in [0.5, 0.6) is 0 Å². The van der Waals surface area contributed by atoms with Crippen LogP contribution in [0.25, 0.3) is 17.0 Å². The standard InChI is InChI=1S/C32H34ClN3O4S/c1-3-21-10-9-11-25-22(19-36(29(21)25)20-27(37)35-16-7-5-6-8-17-35)18-26-30(38)28(32(39)40-4-2)31(41-26)34-24-14-12-23(33)13-15-24/h9-15,18-19,38H,3-8,16-17,20H2,1-2H3/b26-18-,34-31?. The third-order valence-electron chi connectivity index (χ3n) is 7.37. The molecule has 2 aliphatic heterocycles. The van der Waals surface area contributed by atoms with Gasteiger partial charge in [0.25, 0.3) is 0 Å². The summed E-state index contributed by atoms with van der Waals surface area (Å²) in [5, 5.41) is 13.2. The summed E-state index contributed by atoms with van der Waals surface area (Å²) < 4.78 is 7.28. The first-order valence-corrected chi connectivity index (χ1v) is 15.3. The van der Waals surface area contributed by atoms with Crippen molar-refractivity contribution in [3.63, 3.8) is 0 Å². The topological polar surface area (TPSA) is 84.1 Å². The number of aryl methyl sites for hydroxylation is 1. The number of aromatic nitrogens is 1. The lowest BCUT2D eigenvalue weighted by Gasteiger charge is -2.21. The van der Waals surface area contributed by atoms with Gasteiger partial charge in [0.15, 0.2) is 0 Å². The van der Waals surface area contributed by atoms with E-state index >= 15 is 0 Å². The number of aliphatic hydroxyl groups excluding tert-OH is 1. The number of nitrogens with zero attached hydrogens (tertiary/aromatic N) is 3. The Morgan fingerprint density at radius 1 is 1.07 bits per heavy atom. The third kappa shape index (κ3) is 6.39. The monoisotopic (exact) mass is 591 g/mol. The molecule has 0 saturated carbocycles. The van der Waals surface area contributed by atoms with Crippen LogP contribution in [-0.2, 0) is 27.3 Å². The number of para-hydroxylation sites is 1. The molecule has 3 aromatic rings. The van der Waals surface area contributed by atoms with Gasteiger partial charge in [0.05, 0.1) is 22.7 Å². The van der Waals surface area contributed by atoms with E-state index in [-0.39, 0.29) is 30.4 Å². The maximum atomic E-state index is 13.3. The van der Waals surface area contributed by atoms with Gasteiger partial charge in [-0.2, -0.15) is 0 Å². The number of carbonyl (C=O) groups is 2. The van der Waals surface area contributed by atoms with Crippen molar-refractivity contribution in [3.05, 3.63) is 81.0 Å². The van der Waals surface area contributed by atoms with E-state index in [0.717, 1.165) is 54.4 Å². The van der Waals surface area contributed by atoms with Gasteiger partial charge in [0.1, 0.15) is 22.9 Å². The fourth-order valence-electron chi connectivity index (χ4n) is 5.32. The average Bonchev–Trinajstić information content (AvgIpc) is 3.30. The first kappa shape index (κ1) is 29.0. The second-order valence-electron chi connectivity index (χ2n) is 10.1. The Balaban J connectivity index is 1.55. The lowest BCUT2D eigenvalue weighted by molar-refractivity contribution is -0.138. The van der Waals surface area contributed by atoms with Crippen molar-refractivity contribution < 1.29 is 19.4 Å². The van der Waals surface area contributed by atoms with Crippen LogP contribution in [0.3, 0.4) is 0 Å². The van der Waals surface area contributed by atoms with E-state index in [2.05, 4.69) is 18.0 Å². The van der Waals surface area contributed by atoms with Crippen molar-refractivity contribution in [2.45, 2.75) is 52.5 Å². The van der Waals surface area contributed by atoms with Gasteiger partial charge in [0.2, 0.25) is 5.91 Å². The number of amides is 1. The maximum absolute atomic E-state index is 13.3. The largest absolute Gasteiger partial charge is 0.506 e. The van der Waals surface area contributed by atoms with Gasteiger partial charge in [-0.25, -0.2) is 9.79 Å². The molecule has 1 N–H and O–H groups in total. The summed E-state index contributed by atoms with van der Waals surface area (Å²) in [6.45, 7) is 5.86. The predicted octanol–water partition coefficient (Wildman–Crippen LogP) is 7.45. The molecule has 0 unspecified atom stereocenters. The zero-order valence-corrected chi connectivity index (χ0v) is 24.9. The van der Waals surface area contributed by atoms with Crippen LogP contribution in [0.15, 0.2) is 69.9 Å². The van der Waals surface area contributed by atoms with E-state index < -0.39 is 5.97 Å². The Kier molecular flexibility index (Phi) is 9.20. The number of rotatable bonds is 7. The molecule has 7 nitrogen and oxygen atoms in total. The summed E-state index contributed by atoms with van der Waals surface area (Å²) in [7, 11) is 0. The first-order valence-electron chi connectivity index (χ1n) is 14.1. The molecule has 0 radical (unpaired) electrons. The number of esters is 1. The number of hydrogen-bond donors (Lipinski definition) is 1. The summed E-state index contributed by atoms with van der Waals surface area (Å²) >= 11 is 7.24. The van der Waals surface area contributed by atoms with E-state index in [9.17, 15) is 14.7 Å². The number of thioether (sulfide) groups is 1. The van der Waals surface area contributed by atoms with Gasteiger partial charge in [-0.15, -0.1) is 0 Å². The second-order valence-corrected chi connectivity index (χ2v) is 11.6. The van der Waals surface area contributed by atoms with Gasteiger partial charge in [0, 0.05) is 35.3 Å². The quantitative estimate of drug-likeness (QED) is 0.288. The Bertz CT molecular complexity index is 1550. The summed E-state index contributed by atoms with van der Waals surface area (Å²) in [6, 6.07) is 13.1. The number of hydrogen-bond acceptors (Lipinski definition) is 6. The van der Waals surface area contributed by atoms with Crippen LogP contribution in [0.4, 0.5) is 5.69 Å². The number of fused-ring (bicyclic) bond motifs is 1. The number of halogens is 1. The van der Waals surface area contributed by atoms with Crippen LogP contribution in [0.2, 0.25) is 5.02 Å². The highest BCUT2D eigenvalue weighted by atomic mass is 35.5. The smallest absolute Gasteiger partial charge is 0.344 e. The number of ether oxygens (including phenoxy) is 1. The number of aliphatic imine (C=N–C) groups is 1. The first-order chi connectivity index (χ1) is 19.9. The molecular formula is C32H34ClN3O4S. The molecule has 2 aliphatic rings. The predicted molar refractivity (Wildman–Crippen MR) is 167 cm³/mol. The molecule has 9 heteroatoms. The van der Waals surface area contributed by atoms with Crippen molar-refractivity contribution in [3.8, 4) is 0 Å². The van der Waals surface area contributed by atoms with Crippen molar-refractivity contribution in [2.24, 2.45) is 4.99 Å². The van der Waals surface area contributed by atoms with E-state index in [1.165, 1.54) is 24.6 Å². The summed E-state index contributed by atoms with van der Waals surface area (Å²) in [6.07, 6.45) is 9.07. The minimum Gasteiger partial charge on any atom is -0.506 e. The van der Waals surface area contributed by atoms with Crippen LogP contribution >= 0.6 is 23.4 Å². The van der Waals surface area contributed by atoms with Crippen molar-refractivity contribution in [1.29, 1.82) is 0 Å². The van der Waals surface area contributed by atoms with Crippen LogP contribution in [0, 0.1) is 0 Å². The Morgan fingerprint density at radius 3 is 2.49 bits per heavy atom. The number of benzene rings is 2. The van der Waals surface area contributed by atoms with Gasteiger partial charge in [-0.3, -0.25) is 4.79 Å². The molecule has 214 valence electrons. The van der Waals surface area contributed by atoms with Crippen LogP contribution in [-0.4, -0.2) is 51.2 Å². The zero-order chi connectivity index (χ0) is 28.9. The summed E-state index contributed by atoms with van der Waals surface area (Å²) in [4.78, 5) is 33.3. The number of carbonyl (C=O) groups excluding carboxylic acids is 2. The van der Waals surface area contributed by atoms with Crippen molar-refractivity contribution >= 4 is 62.9 Å². The number of likely N-dealkylation sites (tertiary alicyclic amines) is 1. The lowest BCUT2D eigenvalue weighted by atomic mass is 10.1. The molecule has 0 spiro atoms. The SMILES string of the molecule is CCOC(=O)C1=C(O)/C(=C/c2cn(CC(=O)N3CCCCCC3)c3c(CC)cccc23)SC1=Nc1ccc(Cl)cc1. The molecular weight excluding hydrogens is 558 g/mol. The van der Waals surface area contributed by atoms with Gasteiger partial charge in [-0.05, 0) is 62.1 Å². The minimum absolute atomic E-state index is 0.0346. The molecule has 0 aliphatic carbocycles. The second kappa shape index (κ2) is 13.0. The Hall–Kier alpha value is -3.49. The van der Waals surface area contributed by atoms with Crippen molar-refractivity contribution in [1.82, 2.24) is 9.47 Å². The van der Waals surface area contributed by atoms with Crippen LogP contribution < -0.4 is 0 Å². The highest BCUT2D eigenvalue weighted by Gasteiger charge is 2.33. The maximum Gasteiger partial charge on any atom is 0.344 e. The normalized spacial score (nSPS) is 18.0. The Labute approximate surface area is 249 Å². The molecule has 1 fully saturated rings. The highest BCUT2D eigenvalue weighted by Crippen LogP contribution is 2.41. The lowest BCUT2D eigenvalue weighted by Crippen LogP contribution is -2.34. The third-order valence-corrected chi connectivity index (χ3v) is 8.64. The molecule has 0 bridgehead atoms. The molecule has 1 amide bonds. The van der Waals surface area contributed by atoms with E-state index in [4.69, 9.17) is 16.3 Å². The molecule has 41 heavy (non-hydrogen) atoms. The summed E-state index contributed by atoms with van der Waals surface area (Å²) in [5.74, 6) is -0.685.